The molecular weight excluding hydrogens is 396 g/mol. The van der Waals surface area contributed by atoms with Crippen LogP contribution in [0.1, 0.15) is 15.9 Å². The molecule has 1 aliphatic rings. The number of hydrogen-bond donors (Lipinski definition) is 2. The van der Waals surface area contributed by atoms with Gasteiger partial charge in [-0.05, 0) is 25.1 Å². The number of esters is 1. The molecule has 0 atom stereocenters. The summed E-state index contributed by atoms with van der Waals surface area (Å²) in [5, 5.41) is 9.00. The Bertz CT molecular complexity index is 1070. The third-order valence-electron chi connectivity index (χ3n) is 5.51. The Morgan fingerprint density at radius 2 is 1.84 bits per heavy atom. The van der Waals surface area contributed by atoms with Crippen molar-refractivity contribution < 1.29 is 19.4 Å². The number of imidazole rings is 1. The number of benzene rings is 2. The normalized spacial score (nSPS) is 14.7. The molecule has 2 heterocycles. The zero-order valence-corrected chi connectivity index (χ0v) is 17.5. The first kappa shape index (κ1) is 21.0. The summed E-state index contributed by atoms with van der Waals surface area (Å²) in [7, 11) is 0. The van der Waals surface area contributed by atoms with Gasteiger partial charge in [-0.2, -0.15) is 0 Å². The number of amides is 1. The number of H-pyrrole nitrogens is 1. The van der Waals surface area contributed by atoms with Gasteiger partial charge in [0.1, 0.15) is 5.82 Å². The van der Waals surface area contributed by atoms with Crippen LogP contribution in [0.2, 0.25) is 0 Å². The molecule has 2 N–H and O–H groups in total. The smallest absolute Gasteiger partial charge is 0.338 e. The second kappa shape index (κ2) is 9.28. The van der Waals surface area contributed by atoms with E-state index in [2.05, 4.69) is 14.9 Å². The number of carbonyl (C=O) groups is 2. The third-order valence-corrected chi connectivity index (χ3v) is 5.51. The molecule has 1 fully saturated rings. The lowest BCUT2D eigenvalue weighted by Crippen LogP contribution is -2.50. The molecule has 8 nitrogen and oxygen atoms in total. The van der Waals surface area contributed by atoms with Crippen LogP contribution in [0.15, 0.2) is 42.5 Å². The van der Waals surface area contributed by atoms with Gasteiger partial charge in [-0.15, -0.1) is 0 Å². The van der Waals surface area contributed by atoms with E-state index in [-0.39, 0.29) is 19.1 Å². The van der Waals surface area contributed by atoms with Gasteiger partial charge in [-0.25, -0.2) is 9.78 Å². The van der Waals surface area contributed by atoms with Gasteiger partial charge >= 0.3 is 5.97 Å². The Kier molecular flexibility index (Phi) is 6.29. The van der Waals surface area contributed by atoms with Crippen molar-refractivity contribution in [2.45, 2.75) is 6.92 Å². The Balaban J connectivity index is 1.36. The van der Waals surface area contributed by atoms with E-state index in [0.29, 0.717) is 38.3 Å². The molecule has 0 bridgehead atoms. The van der Waals surface area contributed by atoms with Crippen molar-refractivity contribution in [2.75, 3.05) is 45.9 Å². The molecule has 1 aliphatic heterocycles. The number of piperazine rings is 1. The van der Waals surface area contributed by atoms with Crippen LogP contribution in [-0.2, 0) is 9.53 Å². The number of aromatic nitrogens is 2. The summed E-state index contributed by atoms with van der Waals surface area (Å²) in [5.74, 6) is -0.0158. The van der Waals surface area contributed by atoms with Crippen LogP contribution in [0.4, 0.5) is 0 Å². The average Bonchev–Trinajstić information content (AvgIpc) is 3.22. The number of aryl methyl sites for hydroxylation is 1. The van der Waals surface area contributed by atoms with Gasteiger partial charge < -0.3 is 19.7 Å². The summed E-state index contributed by atoms with van der Waals surface area (Å²) in [6.07, 6.45) is 0. The maximum absolute atomic E-state index is 12.5. The minimum absolute atomic E-state index is 0.110. The molecule has 1 saturated heterocycles. The minimum Gasteiger partial charge on any atom is -0.452 e. The van der Waals surface area contributed by atoms with Gasteiger partial charge in [0, 0.05) is 38.3 Å². The molecule has 0 radical (unpaired) electrons. The predicted molar refractivity (Wildman–Crippen MR) is 117 cm³/mol. The molecule has 1 aromatic heterocycles. The Morgan fingerprint density at radius 3 is 2.55 bits per heavy atom. The first-order chi connectivity index (χ1) is 15.0. The van der Waals surface area contributed by atoms with Crippen molar-refractivity contribution in [3.8, 4) is 11.4 Å². The molecule has 0 spiro atoms. The average molecular weight is 422 g/mol. The Labute approximate surface area is 180 Å². The quantitative estimate of drug-likeness (QED) is 0.588. The number of aliphatic hydroxyl groups excluding tert-OH is 1. The number of nitrogens with zero attached hydrogens (tertiary/aromatic N) is 3. The highest BCUT2D eigenvalue weighted by molar-refractivity contribution is 5.95. The highest BCUT2D eigenvalue weighted by Gasteiger charge is 2.22. The molecular formula is C23H26N4O4. The number of hydrogen-bond acceptors (Lipinski definition) is 6. The molecule has 0 aliphatic carbocycles. The fourth-order valence-corrected chi connectivity index (χ4v) is 3.65. The third kappa shape index (κ3) is 4.92. The highest BCUT2D eigenvalue weighted by atomic mass is 16.5. The van der Waals surface area contributed by atoms with E-state index in [1.807, 2.05) is 31.2 Å². The number of aliphatic hydroxyl groups is 1. The molecule has 0 saturated carbocycles. The predicted octanol–water partition coefficient (Wildman–Crippen LogP) is 1.83. The lowest BCUT2D eigenvalue weighted by molar-refractivity contribution is -0.136. The van der Waals surface area contributed by atoms with Crippen LogP contribution < -0.4 is 0 Å². The van der Waals surface area contributed by atoms with Gasteiger partial charge in [-0.3, -0.25) is 9.69 Å². The van der Waals surface area contributed by atoms with E-state index in [9.17, 15) is 9.59 Å². The van der Waals surface area contributed by atoms with Crippen LogP contribution in [-0.4, -0.2) is 82.7 Å². The van der Waals surface area contributed by atoms with Gasteiger partial charge in [0.25, 0.3) is 5.91 Å². The maximum atomic E-state index is 12.5. The monoisotopic (exact) mass is 422 g/mol. The van der Waals surface area contributed by atoms with Crippen LogP contribution in [0.3, 0.4) is 0 Å². The number of carbonyl (C=O) groups excluding carboxylic acids is 2. The molecule has 8 heteroatoms. The van der Waals surface area contributed by atoms with Gasteiger partial charge in [-0.1, -0.05) is 29.8 Å². The number of β-amino-alcohol motifs (C(OH)–C–C–N with tert-alkyl or cyclic N) is 1. The number of ether oxygens (including phenoxy) is 1. The number of nitrogens with one attached hydrogen (secondary N) is 1. The molecule has 2 aromatic carbocycles. The van der Waals surface area contributed by atoms with Crippen LogP contribution >= 0.6 is 0 Å². The van der Waals surface area contributed by atoms with Crippen molar-refractivity contribution in [1.29, 1.82) is 0 Å². The second-order valence-corrected chi connectivity index (χ2v) is 7.71. The number of fused-ring (bicyclic) bond motifs is 1. The Hall–Kier alpha value is -3.23. The second-order valence-electron chi connectivity index (χ2n) is 7.71. The van der Waals surface area contributed by atoms with Crippen LogP contribution in [0.25, 0.3) is 22.4 Å². The van der Waals surface area contributed by atoms with Gasteiger partial charge in [0.15, 0.2) is 6.61 Å². The van der Waals surface area contributed by atoms with Gasteiger partial charge in [0.2, 0.25) is 0 Å². The van der Waals surface area contributed by atoms with E-state index >= 15 is 0 Å². The SMILES string of the molecule is Cc1ccc(-c2nc3ccc(C(=O)OCC(=O)N4CCN(CCO)CC4)cc3[nH]2)cc1. The molecule has 1 amide bonds. The summed E-state index contributed by atoms with van der Waals surface area (Å²) >= 11 is 0. The summed E-state index contributed by atoms with van der Waals surface area (Å²) in [5.41, 5.74) is 3.99. The summed E-state index contributed by atoms with van der Waals surface area (Å²) in [6, 6.07) is 13.2. The molecule has 31 heavy (non-hydrogen) atoms. The van der Waals surface area contributed by atoms with Crippen molar-refractivity contribution in [3.63, 3.8) is 0 Å². The van der Waals surface area contributed by atoms with Crippen molar-refractivity contribution in [3.05, 3.63) is 53.6 Å². The highest BCUT2D eigenvalue weighted by Crippen LogP contribution is 2.22. The summed E-state index contributed by atoms with van der Waals surface area (Å²) in [4.78, 5) is 36.4. The van der Waals surface area contributed by atoms with Crippen LogP contribution in [0, 0.1) is 6.92 Å². The van der Waals surface area contributed by atoms with Crippen molar-refractivity contribution >= 4 is 22.9 Å². The topological polar surface area (TPSA) is 98.8 Å². The van der Waals surface area contributed by atoms with E-state index in [0.717, 1.165) is 22.4 Å². The lowest BCUT2D eigenvalue weighted by Gasteiger charge is -2.34. The molecule has 162 valence electrons. The largest absolute Gasteiger partial charge is 0.452 e. The molecule has 3 aromatic rings. The summed E-state index contributed by atoms with van der Waals surface area (Å²) < 4.78 is 5.25. The first-order valence-electron chi connectivity index (χ1n) is 10.4. The zero-order valence-electron chi connectivity index (χ0n) is 17.5. The zero-order chi connectivity index (χ0) is 21.8. The molecule has 4 rings (SSSR count). The van der Waals surface area contributed by atoms with E-state index in [4.69, 9.17) is 9.84 Å². The summed E-state index contributed by atoms with van der Waals surface area (Å²) in [6.45, 7) is 5.02. The fourth-order valence-electron chi connectivity index (χ4n) is 3.65. The Morgan fingerprint density at radius 1 is 1.10 bits per heavy atom. The maximum Gasteiger partial charge on any atom is 0.338 e. The molecule has 0 unspecified atom stereocenters. The lowest BCUT2D eigenvalue weighted by atomic mass is 10.1. The van der Waals surface area contributed by atoms with E-state index < -0.39 is 5.97 Å². The van der Waals surface area contributed by atoms with Crippen LogP contribution in [0.5, 0.6) is 0 Å². The minimum atomic E-state index is -0.541. The van der Waals surface area contributed by atoms with Crippen molar-refractivity contribution in [1.82, 2.24) is 19.8 Å². The standard InChI is InChI=1S/C23H26N4O4/c1-16-2-4-17(5-3-16)22-24-19-7-6-18(14-20(19)25-22)23(30)31-15-21(29)27-10-8-26(9-11-27)12-13-28/h2-7,14,28H,8-13,15H2,1H3,(H,24,25). The number of aromatic amines is 1. The van der Waals surface area contributed by atoms with Gasteiger partial charge in [0.05, 0.1) is 23.2 Å². The number of rotatable bonds is 6. The van der Waals surface area contributed by atoms with E-state index in [1.165, 1.54) is 5.56 Å². The van der Waals surface area contributed by atoms with Crippen molar-refractivity contribution in [2.24, 2.45) is 0 Å². The van der Waals surface area contributed by atoms with E-state index in [1.54, 1.807) is 23.1 Å². The first-order valence-corrected chi connectivity index (χ1v) is 10.4. The fraction of sp³-hybridized carbons (Fsp3) is 0.348.